The Bertz CT molecular complexity index is 1010. The van der Waals surface area contributed by atoms with Crippen LogP contribution in [0.1, 0.15) is 55.4 Å². The summed E-state index contributed by atoms with van der Waals surface area (Å²) in [4.78, 5) is 2.73. The van der Waals surface area contributed by atoms with Crippen LogP contribution >= 0.6 is 0 Å². The van der Waals surface area contributed by atoms with E-state index in [9.17, 15) is 8.42 Å². The van der Waals surface area contributed by atoms with Crippen LogP contribution in [0.5, 0.6) is 0 Å². The normalized spacial score (nSPS) is 16.3. The third-order valence-corrected chi connectivity index (χ3v) is 7.15. The minimum atomic E-state index is -3.66. The lowest BCUT2D eigenvalue weighted by molar-refractivity contribution is 0.180. The minimum Gasteiger partial charge on any atom is -0.300 e. The van der Waals surface area contributed by atoms with Gasteiger partial charge < -0.3 is 4.90 Å². The summed E-state index contributed by atoms with van der Waals surface area (Å²) in [7, 11) is -3.66. The number of benzene rings is 2. The molecule has 0 bridgehead atoms. The smallest absolute Gasteiger partial charge is 0.240 e. The number of nitrogens with zero attached hydrogens (tertiary/aromatic N) is 2. The maximum Gasteiger partial charge on any atom is 0.240 e. The predicted octanol–water partition coefficient (Wildman–Crippen LogP) is 4.02. The number of sulfonamides is 1. The van der Waals surface area contributed by atoms with Gasteiger partial charge in [-0.2, -0.15) is 5.26 Å². The van der Waals surface area contributed by atoms with Gasteiger partial charge in [-0.15, -0.1) is 0 Å². The summed E-state index contributed by atoms with van der Waals surface area (Å²) in [5.41, 5.74) is 4.02. The SMILES string of the molecule is CCCN(CCC)C1CCc2ccc(CNS(=O)(=O)c3cccc(C#N)c3)cc2C1. The number of hydrogen-bond donors (Lipinski definition) is 1. The van der Waals surface area contributed by atoms with Crippen molar-refractivity contribution in [2.75, 3.05) is 13.1 Å². The molecule has 1 aliphatic carbocycles. The van der Waals surface area contributed by atoms with Crippen LogP contribution in [-0.2, 0) is 29.4 Å². The van der Waals surface area contributed by atoms with E-state index >= 15 is 0 Å². The topological polar surface area (TPSA) is 73.2 Å². The fourth-order valence-corrected chi connectivity index (χ4v) is 5.32. The molecule has 2 aromatic rings. The molecule has 0 aromatic heterocycles. The fourth-order valence-electron chi connectivity index (χ4n) is 4.26. The molecule has 0 aliphatic heterocycles. The first kappa shape index (κ1) is 22.5. The Morgan fingerprint density at radius 2 is 1.87 bits per heavy atom. The van der Waals surface area contributed by atoms with Gasteiger partial charge >= 0.3 is 0 Å². The molecule has 1 aliphatic rings. The van der Waals surface area contributed by atoms with Crippen molar-refractivity contribution in [3.8, 4) is 6.07 Å². The van der Waals surface area contributed by atoms with Crippen molar-refractivity contribution >= 4 is 10.0 Å². The first-order valence-electron chi connectivity index (χ1n) is 10.8. The van der Waals surface area contributed by atoms with Crippen molar-refractivity contribution in [2.45, 2.75) is 63.4 Å². The fraction of sp³-hybridized carbons (Fsp3) is 0.458. The molecule has 1 unspecified atom stereocenters. The molecule has 1 N–H and O–H groups in total. The van der Waals surface area contributed by atoms with Gasteiger partial charge in [0.15, 0.2) is 0 Å². The largest absolute Gasteiger partial charge is 0.300 e. The first-order chi connectivity index (χ1) is 14.5. The van der Waals surface area contributed by atoms with E-state index in [2.05, 4.69) is 35.6 Å². The van der Waals surface area contributed by atoms with Crippen LogP contribution in [0.15, 0.2) is 47.4 Å². The van der Waals surface area contributed by atoms with Crippen LogP contribution in [0, 0.1) is 11.3 Å². The minimum absolute atomic E-state index is 0.120. The zero-order valence-corrected chi connectivity index (χ0v) is 18.7. The summed E-state index contributed by atoms with van der Waals surface area (Å²) < 4.78 is 27.9. The van der Waals surface area contributed by atoms with Gasteiger partial charge in [-0.3, -0.25) is 0 Å². The van der Waals surface area contributed by atoms with Crippen molar-refractivity contribution in [3.63, 3.8) is 0 Å². The van der Waals surface area contributed by atoms with Gasteiger partial charge in [-0.25, -0.2) is 13.1 Å². The van der Waals surface area contributed by atoms with Crippen molar-refractivity contribution in [2.24, 2.45) is 0 Å². The Morgan fingerprint density at radius 1 is 1.10 bits per heavy atom. The lowest BCUT2D eigenvalue weighted by Crippen LogP contribution is -2.40. The second-order valence-corrected chi connectivity index (χ2v) is 9.77. The lowest BCUT2D eigenvalue weighted by Gasteiger charge is -2.35. The molecule has 0 heterocycles. The molecule has 3 rings (SSSR count). The van der Waals surface area contributed by atoms with E-state index in [0.717, 1.165) is 44.3 Å². The van der Waals surface area contributed by atoms with E-state index in [1.807, 2.05) is 12.1 Å². The van der Waals surface area contributed by atoms with Gasteiger partial charge in [-0.1, -0.05) is 38.1 Å². The summed E-state index contributed by atoms with van der Waals surface area (Å²) in [6, 6.07) is 15.0. The highest BCUT2D eigenvalue weighted by Crippen LogP contribution is 2.26. The second kappa shape index (κ2) is 10.2. The summed E-state index contributed by atoms with van der Waals surface area (Å²) >= 11 is 0. The highest BCUT2D eigenvalue weighted by molar-refractivity contribution is 7.89. The number of nitriles is 1. The van der Waals surface area contributed by atoms with Crippen LogP contribution in [0.25, 0.3) is 0 Å². The molecule has 160 valence electrons. The summed E-state index contributed by atoms with van der Waals surface area (Å²) in [6.07, 6.45) is 5.63. The monoisotopic (exact) mass is 425 g/mol. The number of fused-ring (bicyclic) bond motifs is 1. The Balaban J connectivity index is 1.70. The maximum atomic E-state index is 12.6. The van der Waals surface area contributed by atoms with Crippen LogP contribution in [0.2, 0.25) is 0 Å². The highest BCUT2D eigenvalue weighted by Gasteiger charge is 2.24. The van der Waals surface area contributed by atoms with E-state index in [0.29, 0.717) is 11.6 Å². The van der Waals surface area contributed by atoms with Crippen molar-refractivity contribution in [1.82, 2.24) is 9.62 Å². The molecule has 0 saturated heterocycles. The van der Waals surface area contributed by atoms with Gasteiger partial charge in [-0.05, 0) is 80.1 Å². The zero-order chi connectivity index (χ0) is 21.6. The van der Waals surface area contributed by atoms with Gasteiger partial charge in [0.25, 0.3) is 0 Å². The Labute approximate surface area is 180 Å². The van der Waals surface area contributed by atoms with E-state index in [-0.39, 0.29) is 11.4 Å². The third kappa shape index (κ3) is 5.48. The Kier molecular flexibility index (Phi) is 7.65. The molecule has 0 spiro atoms. The second-order valence-electron chi connectivity index (χ2n) is 8.00. The summed E-state index contributed by atoms with van der Waals surface area (Å²) in [6.45, 7) is 6.97. The molecule has 0 amide bonds. The number of rotatable bonds is 9. The average Bonchev–Trinajstić information content (AvgIpc) is 2.77. The molecule has 1 atom stereocenters. The van der Waals surface area contributed by atoms with Gasteiger partial charge in [0, 0.05) is 12.6 Å². The van der Waals surface area contributed by atoms with Crippen LogP contribution < -0.4 is 4.72 Å². The van der Waals surface area contributed by atoms with Crippen LogP contribution in [-0.4, -0.2) is 32.4 Å². The quantitative estimate of drug-likeness (QED) is 0.659. The zero-order valence-electron chi connectivity index (χ0n) is 17.9. The van der Waals surface area contributed by atoms with Gasteiger partial charge in [0.1, 0.15) is 0 Å². The highest BCUT2D eigenvalue weighted by atomic mass is 32.2. The molecule has 0 fully saturated rings. The van der Waals surface area contributed by atoms with Crippen LogP contribution in [0.4, 0.5) is 0 Å². The van der Waals surface area contributed by atoms with E-state index < -0.39 is 10.0 Å². The molecule has 0 saturated carbocycles. The third-order valence-electron chi connectivity index (χ3n) is 5.75. The molecular weight excluding hydrogens is 394 g/mol. The average molecular weight is 426 g/mol. The number of aryl methyl sites for hydroxylation is 1. The van der Waals surface area contributed by atoms with Crippen molar-refractivity contribution in [3.05, 3.63) is 64.7 Å². The Morgan fingerprint density at radius 3 is 2.57 bits per heavy atom. The van der Waals surface area contributed by atoms with Crippen molar-refractivity contribution < 1.29 is 8.42 Å². The van der Waals surface area contributed by atoms with E-state index in [1.165, 1.54) is 29.7 Å². The molecule has 0 radical (unpaired) electrons. The number of nitrogens with one attached hydrogen (secondary N) is 1. The Hall–Kier alpha value is -2.20. The molecular formula is C24H31N3O2S. The van der Waals surface area contributed by atoms with E-state index in [1.54, 1.807) is 12.1 Å². The van der Waals surface area contributed by atoms with Crippen LogP contribution in [0.3, 0.4) is 0 Å². The van der Waals surface area contributed by atoms with Crippen molar-refractivity contribution in [1.29, 1.82) is 5.26 Å². The first-order valence-corrected chi connectivity index (χ1v) is 12.3. The molecule has 2 aromatic carbocycles. The summed E-state index contributed by atoms with van der Waals surface area (Å²) in [5, 5.41) is 9.01. The summed E-state index contributed by atoms with van der Waals surface area (Å²) in [5.74, 6) is 0. The van der Waals surface area contributed by atoms with Gasteiger partial charge in [0.2, 0.25) is 10.0 Å². The van der Waals surface area contributed by atoms with Gasteiger partial charge in [0.05, 0.1) is 16.5 Å². The molecule has 6 heteroatoms. The molecule has 5 nitrogen and oxygen atoms in total. The maximum absolute atomic E-state index is 12.6. The molecule has 30 heavy (non-hydrogen) atoms. The van der Waals surface area contributed by atoms with E-state index in [4.69, 9.17) is 5.26 Å². The number of hydrogen-bond acceptors (Lipinski definition) is 4. The lowest BCUT2D eigenvalue weighted by atomic mass is 9.86. The standard InChI is InChI=1S/C24H31N3O2S/c1-3-12-27(13-4-2)23-11-10-21-9-8-20(14-22(21)16-23)18-26-30(28,29)24-7-5-6-19(15-24)17-25/h5-9,14-15,23,26H,3-4,10-13,16,18H2,1-2H3. The predicted molar refractivity (Wildman–Crippen MR) is 120 cm³/mol.